The molecule has 5 heteroatoms. The van der Waals surface area contributed by atoms with Crippen LogP contribution in [0.3, 0.4) is 0 Å². The summed E-state index contributed by atoms with van der Waals surface area (Å²) in [6, 6.07) is 3.32. The standard InChI is InChI=1S/C10H7F3O2/c11-10(12,13)7-2-1-6-5-15-9(4-14)8(6)3-7/h1-4,9H,5H2. The first-order chi connectivity index (χ1) is 7.02. The van der Waals surface area contributed by atoms with Crippen LogP contribution in [0.4, 0.5) is 13.2 Å². The second-order valence-electron chi connectivity index (χ2n) is 3.28. The summed E-state index contributed by atoms with van der Waals surface area (Å²) in [5.41, 5.74) is 0.207. The molecule has 1 aromatic rings. The Kier molecular flexibility index (Phi) is 2.26. The SMILES string of the molecule is O=CC1OCc2ccc(C(F)(F)F)cc21. The number of carbonyl (C=O) groups excluding carboxylic acids is 1. The highest BCUT2D eigenvalue weighted by Crippen LogP contribution is 2.35. The number of hydrogen-bond donors (Lipinski definition) is 0. The third-order valence-electron chi connectivity index (χ3n) is 2.32. The van der Waals surface area contributed by atoms with E-state index in [9.17, 15) is 18.0 Å². The van der Waals surface area contributed by atoms with Crippen LogP contribution in [-0.4, -0.2) is 6.29 Å². The van der Waals surface area contributed by atoms with E-state index in [1.807, 2.05) is 0 Å². The van der Waals surface area contributed by atoms with E-state index in [0.717, 1.165) is 12.1 Å². The lowest BCUT2D eigenvalue weighted by Gasteiger charge is -2.09. The number of benzene rings is 1. The number of ether oxygens (including phenoxy) is 1. The molecule has 1 aliphatic heterocycles. The van der Waals surface area contributed by atoms with Crippen LogP contribution in [0.15, 0.2) is 18.2 Å². The van der Waals surface area contributed by atoms with E-state index >= 15 is 0 Å². The predicted octanol–water partition coefficient (Wildman–Crippen LogP) is 2.48. The van der Waals surface area contributed by atoms with Gasteiger partial charge in [0.15, 0.2) is 6.29 Å². The first-order valence-electron chi connectivity index (χ1n) is 4.29. The van der Waals surface area contributed by atoms with Gasteiger partial charge in [-0.1, -0.05) is 6.07 Å². The Balaban J connectivity index is 2.45. The van der Waals surface area contributed by atoms with E-state index in [1.165, 1.54) is 6.07 Å². The monoisotopic (exact) mass is 216 g/mol. The predicted molar refractivity (Wildman–Crippen MR) is 45.0 cm³/mol. The van der Waals surface area contributed by atoms with Crippen LogP contribution >= 0.6 is 0 Å². The Bertz CT molecular complexity index is 398. The van der Waals surface area contributed by atoms with Gasteiger partial charge < -0.3 is 9.53 Å². The Morgan fingerprint density at radius 2 is 2.13 bits per heavy atom. The van der Waals surface area contributed by atoms with E-state index in [0.29, 0.717) is 17.4 Å². The molecule has 0 saturated carbocycles. The normalized spacial score (nSPS) is 20.1. The van der Waals surface area contributed by atoms with E-state index in [2.05, 4.69) is 0 Å². The average molecular weight is 216 g/mol. The minimum Gasteiger partial charge on any atom is -0.361 e. The molecule has 0 fully saturated rings. The summed E-state index contributed by atoms with van der Waals surface area (Å²) in [5, 5.41) is 0. The van der Waals surface area contributed by atoms with Gasteiger partial charge in [0, 0.05) is 0 Å². The minimum absolute atomic E-state index is 0.191. The number of fused-ring (bicyclic) bond motifs is 1. The number of hydrogen-bond acceptors (Lipinski definition) is 2. The van der Waals surface area contributed by atoms with Crippen LogP contribution in [0, 0.1) is 0 Å². The van der Waals surface area contributed by atoms with Crippen LogP contribution in [-0.2, 0) is 22.3 Å². The summed E-state index contributed by atoms with van der Waals surface area (Å²) in [4.78, 5) is 10.5. The van der Waals surface area contributed by atoms with E-state index in [-0.39, 0.29) is 6.61 Å². The molecule has 2 nitrogen and oxygen atoms in total. The fourth-order valence-electron chi connectivity index (χ4n) is 1.55. The number of halogens is 3. The van der Waals surface area contributed by atoms with Crippen molar-refractivity contribution in [3.05, 3.63) is 34.9 Å². The van der Waals surface area contributed by atoms with Crippen LogP contribution < -0.4 is 0 Å². The fraction of sp³-hybridized carbons (Fsp3) is 0.300. The van der Waals surface area contributed by atoms with Gasteiger partial charge in [0.25, 0.3) is 0 Å². The first-order valence-corrected chi connectivity index (χ1v) is 4.29. The zero-order valence-corrected chi connectivity index (χ0v) is 7.54. The maximum absolute atomic E-state index is 12.4. The van der Waals surface area contributed by atoms with Crippen molar-refractivity contribution in [1.29, 1.82) is 0 Å². The summed E-state index contributed by atoms with van der Waals surface area (Å²) < 4.78 is 42.1. The Morgan fingerprint density at radius 1 is 1.40 bits per heavy atom. The van der Waals surface area contributed by atoms with Gasteiger partial charge in [-0.05, 0) is 23.3 Å². The van der Waals surface area contributed by atoms with Gasteiger partial charge in [0.05, 0.1) is 12.2 Å². The second-order valence-corrected chi connectivity index (χ2v) is 3.28. The molecule has 1 atom stereocenters. The lowest BCUT2D eigenvalue weighted by Crippen LogP contribution is -2.06. The van der Waals surface area contributed by atoms with Crippen LogP contribution in [0.1, 0.15) is 22.8 Å². The molecular formula is C10H7F3O2. The number of carbonyl (C=O) groups is 1. The summed E-state index contributed by atoms with van der Waals surface area (Å²) in [6.07, 6.45) is -4.74. The maximum atomic E-state index is 12.4. The number of rotatable bonds is 1. The zero-order chi connectivity index (χ0) is 11.1. The summed E-state index contributed by atoms with van der Waals surface area (Å²) in [5.74, 6) is 0. The van der Waals surface area contributed by atoms with Gasteiger partial charge in [0.1, 0.15) is 6.10 Å². The molecular weight excluding hydrogens is 209 g/mol. The summed E-state index contributed by atoms with van der Waals surface area (Å²) in [6.45, 7) is 0.191. The van der Waals surface area contributed by atoms with Crippen LogP contribution in [0.25, 0.3) is 0 Å². The molecule has 0 N–H and O–H groups in total. The molecule has 0 spiro atoms. The smallest absolute Gasteiger partial charge is 0.361 e. The highest BCUT2D eigenvalue weighted by molar-refractivity contribution is 5.62. The maximum Gasteiger partial charge on any atom is 0.416 e. The lowest BCUT2D eigenvalue weighted by atomic mass is 10.0. The molecule has 0 bridgehead atoms. The molecule has 1 unspecified atom stereocenters. The van der Waals surface area contributed by atoms with E-state index in [1.54, 1.807) is 0 Å². The van der Waals surface area contributed by atoms with Crippen molar-refractivity contribution in [2.24, 2.45) is 0 Å². The molecule has 80 valence electrons. The third kappa shape index (κ3) is 1.74. The molecule has 0 aromatic heterocycles. The quantitative estimate of drug-likeness (QED) is 0.674. The molecule has 1 aromatic carbocycles. The van der Waals surface area contributed by atoms with Crippen LogP contribution in [0.2, 0.25) is 0 Å². The Hall–Kier alpha value is -1.36. The van der Waals surface area contributed by atoms with Gasteiger partial charge in [-0.3, -0.25) is 0 Å². The minimum atomic E-state index is -4.38. The molecule has 0 saturated heterocycles. The largest absolute Gasteiger partial charge is 0.416 e. The molecule has 0 radical (unpaired) electrons. The van der Waals surface area contributed by atoms with Crippen molar-refractivity contribution in [3.63, 3.8) is 0 Å². The first kappa shape index (κ1) is 10.2. The van der Waals surface area contributed by atoms with Gasteiger partial charge in [-0.25, -0.2) is 0 Å². The van der Waals surface area contributed by atoms with Crippen molar-refractivity contribution >= 4 is 6.29 Å². The van der Waals surface area contributed by atoms with E-state index < -0.39 is 17.8 Å². The van der Waals surface area contributed by atoms with Crippen LogP contribution in [0.5, 0.6) is 0 Å². The van der Waals surface area contributed by atoms with Gasteiger partial charge >= 0.3 is 6.18 Å². The highest BCUT2D eigenvalue weighted by atomic mass is 19.4. The third-order valence-corrected chi connectivity index (χ3v) is 2.32. The van der Waals surface area contributed by atoms with Crippen molar-refractivity contribution < 1.29 is 22.7 Å². The van der Waals surface area contributed by atoms with Crippen molar-refractivity contribution in [1.82, 2.24) is 0 Å². The molecule has 1 aliphatic rings. The van der Waals surface area contributed by atoms with Crippen molar-refractivity contribution in [3.8, 4) is 0 Å². The fourth-order valence-corrected chi connectivity index (χ4v) is 1.55. The van der Waals surface area contributed by atoms with Crippen molar-refractivity contribution in [2.45, 2.75) is 18.9 Å². The molecule has 0 amide bonds. The second kappa shape index (κ2) is 3.34. The van der Waals surface area contributed by atoms with E-state index in [4.69, 9.17) is 4.74 Å². The summed E-state index contributed by atoms with van der Waals surface area (Å²) >= 11 is 0. The number of alkyl halides is 3. The lowest BCUT2D eigenvalue weighted by molar-refractivity contribution is -0.137. The summed E-state index contributed by atoms with van der Waals surface area (Å²) in [7, 11) is 0. The molecule has 2 rings (SSSR count). The zero-order valence-electron chi connectivity index (χ0n) is 7.54. The highest BCUT2D eigenvalue weighted by Gasteiger charge is 2.33. The topological polar surface area (TPSA) is 26.3 Å². The van der Waals surface area contributed by atoms with Gasteiger partial charge in [0.2, 0.25) is 0 Å². The average Bonchev–Trinajstić information content (AvgIpc) is 2.57. The van der Waals surface area contributed by atoms with Gasteiger partial charge in [-0.2, -0.15) is 13.2 Å². The number of aldehydes is 1. The molecule has 0 aliphatic carbocycles. The molecule has 1 heterocycles. The Labute approximate surface area is 83.7 Å². The van der Waals surface area contributed by atoms with Gasteiger partial charge in [-0.15, -0.1) is 0 Å². The van der Waals surface area contributed by atoms with Crippen molar-refractivity contribution in [2.75, 3.05) is 0 Å². The molecule has 15 heavy (non-hydrogen) atoms. The Morgan fingerprint density at radius 3 is 2.73 bits per heavy atom.